The highest BCUT2D eigenvalue weighted by Crippen LogP contribution is 2.33. The summed E-state index contributed by atoms with van der Waals surface area (Å²) < 4.78 is 11.0. The second kappa shape index (κ2) is 13.6. The van der Waals surface area contributed by atoms with Gasteiger partial charge in [0.2, 0.25) is 5.91 Å². The van der Waals surface area contributed by atoms with Crippen LogP contribution in [0.15, 0.2) is 60.2 Å². The van der Waals surface area contributed by atoms with Crippen molar-refractivity contribution < 1.29 is 23.9 Å². The Labute approximate surface area is 254 Å². The third-order valence-corrected chi connectivity index (χ3v) is 8.17. The van der Waals surface area contributed by atoms with E-state index in [0.717, 1.165) is 32.1 Å². The number of amides is 4. The lowest BCUT2D eigenvalue weighted by atomic mass is 9.87. The van der Waals surface area contributed by atoms with Gasteiger partial charge < -0.3 is 29.9 Å². The van der Waals surface area contributed by atoms with Gasteiger partial charge in [-0.15, -0.1) is 0 Å². The number of piperidine rings is 2. The quantitative estimate of drug-likeness (QED) is 0.475. The molecule has 9 heteroatoms. The van der Waals surface area contributed by atoms with Crippen molar-refractivity contribution >= 4 is 23.6 Å². The Balaban J connectivity index is 1.24. The molecule has 3 heterocycles. The number of nitrogens with zero attached hydrogens (tertiary/aromatic N) is 2. The predicted molar refractivity (Wildman–Crippen MR) is 166 cm³/mol. The lowest BCUT2D eigenvalue weighted by Crippen LogP contribution is -2.62. The Hall–Kier alpha value is -3.85. The third-order valence-electron chi connectivity index (χ3n) is 8.17. The fourth-order valence-electron chi connectivity index (χ4n) is 6.15. The second-order valence-corrected chi connectivity index (χ2v) is 12.6. The molecule has 0 bridgehead atoms. The van der Waals surface area contributed by atoms with Gasteiger partial charge in [0.25, 0.3) is 0 Å². The highest BCUT2D eigenvalue weighted by molar-refractivity contribution is 5.83. The fraction of sp³-hybridized carbons (Fsp3) is 0.500. The first kappa shape index (κ1) is 30.6. The van der Waals surface area contributed by atoms with Crippen molar-refractivity contribution in [2.45, 2.75) is 70.6 Å². The number of alkyl carbamates (subject to hydrolysis) is 1. The molecule has 0 aliphatic carbocycles. The van der Waals surface area contributed by atoms with Crippen LogP contribution in [0.25, 0.3) is 5.57 Å². The number of ether oxygens (including phenoxy) is 2. The van der Waals surface area contributed by atoms with Crippen molar-refractivity contribution in [3.8, 4) is 0 Å². The van der Waals surface area contributed by atoms with Crippen molar-refractivity contribution in [3.05, 3.63) is 76.9 Å². The lowest BCUT2D eigenvalue weighted by Gasteiger charge is -2.43. The van der Waals surface area contributed by atoms with E-state index in [2.05, 4.69) is 59.2 Å². The SMILES string of the molecule is CC(C)(C)OC(=O)NCCCc1cccc(C(=C2CCN(C(=O)N3CC[C@@H]4OCC(=O)N[C@@H]4C3)CC2)c2ccccc2)c1. The zero-order valence-electron chi connectivity index (χ0n) is 25.6. The van der Waals surface area contributed by atoms with Gasteiger partial charge in [-0.25, -0.2) is 9.59 Å². The molecule has 2 atom stereocenters. The van der Waals surface area contributed by atoms with E-state index in [4.69, 9.17) is 9.47 Å². The summed E-state index contributed by atoms with van der Waals surface area (Å²) in [4.78, 5) is 41.1. The minimum absolute atomic E-state index is 0.0110. The molecule has 3 saturated heterocycles. The van der Waals surface area contributed by atoms with Crippen LogP contribution < -0.4 is 10.6 Å². The predicted octanol–water partition coefficient (Wildman–Crippen LogP) is 4.75. The molecule has 3 fully saturated rings. The number of hydrogen-bond donors (Lipinski definition) is 2. The molecule has 0 unspecified atom stereocenters. The van der Waals surface area contributed by atoms with E-state index >= 15 is 0 Å². The zero-order valence-corrected chi connectivity index (χ0v) is 25.6. The van der Waals surface area contributed by atoms with E-state index in [-0.39, 0.29) is 36.8 Å². The van der Waals surface area contributed by atoms with Crippen LogP contribution in [0.1, 0.15) is 63.1 Å². The molecule has 0 saturated carbocycles. The number of rotatable bonds is 6. The second-order valence-electron chi connectivity index (χ2n) is 12.6. The maximum Gasteiger partial charge on any atom is 0.407 e. The monoisotopic (exact) mass is 588 g/mol. The highest BCUT2D eigenvalue weighted by atomic mass is 16.6. The molecular formula is C34H44N4O5. The summed E-state index contributed by atoms with van der Waals surface area (Å²) in [5, 5.41) is 5.84. The van der Waals surface area contributed by atoms with Gasteiger partial charge >= 0.3 is 12.1 Å². The topological polar surface area (TPSA) is 100 Å². The number of carbonyl (C=O) groups is 3. The van der Waals surface area contributed by atoms with Crippen LogP contribution in [0.2, 0.25) is 0 Å². The number of nitrogens with one attached hydrogen (secondary N) is 2. The van der Waals surface area contributed by atoms with E-state index in [9.17, 15) is 14.4 Å². The molecule has 5 rings (SSSR count). The van der Waals surface area contributed by atoms with Crippen LogP contribution in [0, 0.1) is 0 Å². The largest absolute Gasteiger partial charge is 0.444 e. The molecule has 2 N–H and O–H groups in total. The summed E-state index contributed by atoms with van der Waals surface area (Å²) in [6, 6.07) is 19.0. The number of likely N-dealkylation sites (tertiary alicyclic amines) is 2. The number of aryl methyl sites for hydroxylation is 1. The summed E-state index contributed by atoms with van der Waals surface area (Å²) in [5.74, 6) is -0.113. The molecule has 0 spiro atoms. The summed E-state index contributed by atoms with van der Waals surface area (Å²) in [5.41, 5.74) is 5.65. The molecular weight excluding hydrogens is 544 g/mol. The van der Waals surface area contributed by atoms with Crippen LogP contribution in [0.5, 0.6) is 0 Å². The van der Waals surface area contributed by atoms with Crippen molar-refractivity contribution in [1.29, 1.82) is 0 Å². The first-order valence-electron chi connectivity index (χ1n) is 15.4. The standard InChI is InChI=1S/C34H44N4O5/c1-34(2,3)43-32(40)35-17-8-10-24-9-7-13-27(21-24)31(25-11-5-4-6-12-25)26-14-18-37(19-15-26)33(41)38-20-16-29-28(22-38)36-30(39)23-42-29/h4-7,9,11-13,21,28-29H,8,10,14-20,22-23H2,1-3H3,(H,35,40)(H,36,39)/t28-,29+/m1/s1. The Kier molecular flexibility index (Phi) is 9.70. The average molecular weight is 589 g/mol. The third kappa shape index (κ3) is 8.16. The summed E-state index contributed by atoms with van der Waals surface area (Å²) in [7, 11) is 0. The van der Waals surface area contributed by atoms with Gasteiger partial charge in [-0.2, -0.15) is 0 Å². The molecule has 0 aromatic heterocycles. The van der Waals surface area contributed by atoms with Gasteiger partial charge in [0.05, 0.1) is 12.1 Å². The van der Waals surface area contributed by atoms with Gasteiger partial charge in [-0.1, -0.05) is 60.2 Å². The van der Waals surface area contributed by atoms with Gasteiger partial charge in [-0.05, 0) is 75.1 Å². The molecule has 9 nitrogen and oxygen atoms in total. The van der Waals surface area contributed by atoms with Gasteiger partial charge in [0.1, 0.15) is 12.2 Å². The van der Waals surface area contributed by atoms with E-state index in [0.29, 0.717) is 32.7 Å². The molecule has 2 aromatic carbocycles. The van der Waals surface area contributed by atoms with Crippen molar-refractivity contribution in [2.24, 2.45) is 0 Å². The van der Waals surface area contributed by atoms with Gasteiger partial charge in [0.15, 0.2) is 0 Å². The molecule has 43 heavy (non-hydrogen) atoms. The molecule has 230 valence electrons. The Morgan fingerprint density at radius 3 is 2.49 bits per heavy atom. The molecule has 3 aliphatic heterocycles. The normalized spacial score (nSPS) is 20.6. The zero-order chi connectivity index (χ0) is 30.4. The first-order valence-corrected chi connectivity index (χ1v) is 15.4. The Morgan fingerprint density at radius 2 is 1.74 bits per heavy atom. The number of morpholine rings is 1. The van der Waals surface area contributed by atoms with Crippen LogP contribution in [-0.4, -0.2) is 84.9 Å². The molecule has 2 aromatic rings. The minimum atomic E-state index is -0.510. The molecule has 3 aliphatic rings. The van der Waals surface area contributed by atoms with Crippen LogP contribution >= 0.6 is 0 Å². The van der Waals surface area contributed by atoms with E-state index in [1.807, 2.05) is 36.6 Å². The van der Waals surface area contributed by atoms with Crippen LogP contribution in [0.4, 0.5) is 9.59 Å². The maximum absolute atomic E-state index is 13.5. The smallest absolute Gasteiger partial charge is 0.407 e. The summed E-state index contributed by atoms with van der Waals surface area (Å²) in [6.45, 7) is 8.68. The lowest BCUT2D eigenvalue weighted by molar-refractivity contribution is -0.139. The number of carbonyl (C=O) groups excluding carboxylic acids is 3. The number of fused-ring (bicyclic) bond motifs is 1. The summed E-state index contributed by atoms with van der Waals surface area (Å²) in [6.07, 6.45) is 3.60. The number of urea groups is 1. The minimum Gasteiger partial charge on any atom is -0.444 e. The number of benzene rings is 2. The Morgan fingerprint density at radius 1 is 1.00 bits per heavy atom. The summed E-state index contributed by atoms with van der Waals surface area (Å²) >= 11 is 0. The Bertz CT molecular complexity index is 1330. The van der Waals surface area contributed by atoms with Gasteiger partial charge in [0, 0.05) is 32.7 Å². The van der Waals surface area contributed by atoms with Crippen LogP contribution in [-0.2, 0) is 20.7 Å². The first-order chi connectivity index (χ1) is 20.7. The maximum atomic E-state index is 13.5. The van der Waals surface area contributed by atoms with Crippen molar-refractivity contribution in [3.63, 3.8) is 0 Å². The highest BCUT2D eigenvalue weighted by Gasteiger charge is 2.37. The van der Waals surface area contributed by atoms with E-state index in [1.165, 1.54) is 27.8 Å². The average Bonchev–Trinajstić information content (AvgIpc) is 2.99. The van der Waals surface area contributed by atoms with Crippen molar-refractivity contribution in [1.82, 2.24) is 20.4 Å². The molecule has 0 radical (unpaired) electrons. The van der Waals surface area contributed by atoms with E-state index < -0.39 is 5.60 Å². The van der Waals surface area contributed by atoms with Crippen LogP contribution in [0.3, 0.4) is 0 Å². The van der Waals surface area contributed by atoms with E-state index in [1.54, 1.807) is 0 Å². The fourth-order valence-corrected chi connectivity index (χ4v) is 6.15. The van der Waals surface area contributed by atoms with Crippen molar-refractivity contribution in [2.75, 3.05) is 39.3 Å². The van der Waals surface area contributed by atoms with Gasteiger partial charge in [-0.3, -0.25) is 4.79 Å². The molecule has 4 amide bonds. The number of hydrogen-bond acceptors (Lipinski definition) is 5.